The topological polar surface area (TPSA) is 66.5 Å². The van der Waals surface area contributed by atoms with E-state index in [1.54, 1.807) is 13.0 Å². The van der Waals surface area contributed by atoms with Crippen molar-refractivity contribution in [3.8, 4) is 0 Å². The van der Waals surface area contributed by atoms with Crippen molar-refractivity contribution in [2.75, 3.05) is 10.6 Å². The van der Waals surface area contributed by atoms with Crippen molar-refractivity contribution in [2.24, 2.45) is 0 Å². The maximum atomic E-state index is 13.0. The van der Waals surface area contributed by atoms with Crippen LogP contribution in [0.15, 0.2) is 42.5 Å². The van der Waals surface area contributed by atoms with Gasteiger partial charge < -0.3 is 5.32 Å². The molecule has 0 aliphatic rings. The molecule has 0 saturated carbocycles. The maximum absolute atomic E-state index is 13.0. The Hall–Kier alpha value is -1.76. The Kier molecular flexibility index (Phi) is 7.37. The van der Waals surface area contributed by atoms with Gasteiger partial charge in [0.25, 0.3) is 0 Å². The molecule has 0 saturated heterocycles. The molecule has 2 atom stereocenters. The number of hydrogen-bond donors (Lipinski definition) is 1. The van der Waals surface area contributed by atoms with Gasteiger partial charge in [-0.25, -0.2) is 8.42 Å². The number of nitrogens with zero attached hydrogens (tertiary/aromatic N) is 1. The summed E-state index contributed by atoms with van der Waals surface area (Å²) in [7, 11) is -3.79. The Morgan fingerprint density at radius 1 is 1.14 bits per heavy atom. The number of nitrogens with one attached hydrogen (secondary N) is 1. The van der Waals surface area contributed by atoms with E-state index in [4.69, 9.17) is 23.2 Å². The molecule has 8 heteroatoms. The van der Waals surface area contributed by atoms with E-state index in [-0.39, 0.29) is 23.2 Å². The first-order valence-corrected chi connectivity index (χ1v) is 11.5. The number of aryl methyl sites for hydroxylation is 1. The number of amides is 1. The van der Waals surface area contributed by atoms with Gasteiger partial charge in [0, 0.05) is 5.02 Å². The lowest BCUT2D eigenvalue weighted by atomic mass is 10.1. The van der Waals surface area contributed by atoms with Crippen molar-refractivity contribution in [1.29, 1.82) is 0 Å². The van der Waals surface area contributed by atoms with Crippen molar-refractivity contribution in [1.82, 2.24) is 5.32 Å². The number of sulfonamides is 1. The number of benzene rings is 2. The van der Waals surface area contributed by atoms with Gasteiger partial charge in [0.2, 0.25) is 15.9 Å². The molecule has 0 fully saturated rings. The minimum atomic E-state index is -3.79. The number of carbonyl (C=O) groups is 1. The summed E-state index contributed by atoms with van der Waals surface area (Å²) < 4.78 is 26.1. The van der Waals surface area contributed by atoms with Gasteiger partial charge in [-0.2, -0.15) is 0 Å². The third kappa shape index (κ3) is 5.40. The summed E-state index contributed by atoms with van der Waals surface area (Å²) in [5, 5.41) is 3.43. The highest BCUT2D eigenvalue weighted by Gasteiger charge is 2.33. The normalized spacial score (nSPS) is 13.6. The number of carbonyl (C=O) groups excluding carboxylic acids is 1. The first kappa shape index (κ1) is 22.5. The number of rotatable bonds is 7. The van der Waals surface area contributed by atoms with Gasteiger partial charge in [-0.05, 0) is 44.0 Å². The van der Waals surface area contributed by atoms with Gasteiger partial charge in [-0.1, -0.05) is 60.0 Å². The quantitative estimate of drug-likeness (QED) is 0.673. The van der Waals surface area contributed by atoms with Crippen LogP contribution in [0.25, 0.3) is 0 Å². The third-order valence-corrected chi connectivity index (χ3v) is 6.13. The summed E-state index contributed by atoms with van der Waals surface area (Å²) >= 11 is 12.3. The monoisotopic (exact) mass is 442 g/mol. The summed E-state index contributed by atoms with van der Waals surface area (Å²) in [5.74, 6) is -0.406. The fraction of sp³-hybridized carbons (Fsp3) is 0.350. The van der Waals surface area contributed by atoms with Crippen molar-refractivity contribution >= 4 is 44.8 Å². The van der Waals surface area contributed by atoms with Gasteiger partial charge in [0.05, 0.1) is 23.0 Å². The van der Waals surface area contributed by atoms with E-state index in [0.717, 1.165) is 21.7 Å². The largest absolute Gasteiger partial charge is 0.348 e. The molecule has 0 radical (unpaired) electrons. The Morgan fingerprint density at radius 2 is 1.75 bits per heavy atom. The molecule has 0 aromatic heterocycles. The Morgan fingerprint density at radius 3 is 2.29 bits per heavy atom. The van der Waals surface area contributed by atoms with Crippen LogP contribution in [0.3, 0.4) is 0 Å². The molecule has 0 spiro atoms. The molecule has 0 aliphatic carbocycles. The molecule has 5 nitrogen and oxygen atoms in total. The van der Waals surface area contributed by atoms with Crippen molar-refractivity contribution in [3.63, 3.8) is 0 Å². The summed E-state index contributed by atoms with van der Waals surface area (Å²) in [5.41, 5.74) is 2.23. The van der Waals surface area contributed by atoms with Crippen LogP contribution < -0.4 is 9.62 Å². The first-order chi connectivity index (χ1) is 13.0. The molecule has 152 valence electrons. The van der Waals surface area contributed by atoms with Gasteiger partial charge in [-0.3, -0.25) is 9.10 Å². The molecule has 0 bridgehead atoms. The van der Waals surface area contributed by atoms with E-state index >= 15 is 0 Å². The molecular formula is C20H24Cl2N2O3S. The summed E-state index contributed by atoms with van der Waals surface area (Å²) in [6.45, 7) is 5.59. The Balaban J connectivity index is 2.36. The first-order valence-electron chi connectivity index (χ1n) is 8.86. The van der Waals surface area contributed by atoms with Gasteiger partial charge in [0.1, 0.15) is 6.04 Å². The average Bonchev–Trinajstić information content (AvgIpc) is 2.61. The zero-order chi connectivity index (χ0) is 21.1. The second-order valence-electron chi connectivity index (χ2n) is 6.72. The van der Waals surface area contributed by atoms with E-state index in [0.29, 0.717) is 5.02 Å². The van der Waals surface area contributed by atoms with E-state index < -0.39 is 22.0 Å². The Bertz CT molecular complexity index is 946. The molecule has 2 aromatic carbocycles. The molecule has 28 heavy (non-hydrogen) atoms. The van der Waals surface area contributed by atoms with Crippen molar-refractivity contribution < 1.29 is 13.2 Å². The second-order valence-corrected chi connectivity index (χ2v) is 9.42. The highest BCUT2D eigenvalue weighted by atomic mass is 35.5. The summed E-state index contributed by atoms with van der Waals surface area (Å²) in [6.07, 6.45) is 1.31. The van der Waals surface area contributed by atoms with Crippen LogP contribution in [0.2, 0.25) is 10.0 Å². The molecule has 1 N–H and O–H groups in total. The highest BCUT2D eigenvalue weighted by molar-refractivity contribution is 7.92. The molecule has 2 rings (SSSR count). The minimum absolute atomic E-state index is 0.182. The van der Waals surface area contributed by atoms with Crippen LogP contribution in [0.4, 0.5) is 5.69 Å². The van der Waals surface area contributed by atoms with Gasteiger partial charge in [0.15, 0.2) is 0 Å². The summed E-state index contributed by atoms with van der Waals surface area (Å²) in [6, 6.07) is 11.1. The van der Waals surface area contributed by atoms with Crippen molar-refractivity contribution in [3.05, 3.63) is 63.6 Å². The maximum Gasteiger partial charge on any atom is 0.244 e. The van der Waals surface area contributed by atoms with Crippen LogP contribution in [-0.2, 0) is 14.8 Å². The number of hydrogen-bond acceptors (Lipinski definition) is 3. The minimum Gasteiger partial charge on any atom is -0.348 e. The molecule has 0 unspecified atom stereocenters. The standard InChI is InChI=1S/C20H24Cl2N2O3S/c1-5-18(20(25)23-14(3)15-8-6-13(2)7-9-15)24(28(4,26)27)19-12-16(21)10-11-17(19)22/h6-12,14,18H,5H2,1-4H3,(H,23,25)/t14-,18-/m1/s1. The van der Waals surface area contributed by atoms with Crippen LogP contribution in [0.1, 0.15) is 37.4 Å². The highest BCUT2D eigenvalue weighted by Crippen LogP contribution is 2.33. The lowest BCUT2D eigenvalue weighted by Crippen LogP contribution is -2.49. The van der Waals surface area contributed by atoms with E-state index in [1.165, 1.54) is 12.1 Å². The molecule has 1 amide bonds. The molecule has 0 heterocycles. The lowest BCUT2D eigenvalue weighted by Gasteiger charge is -2.31. The SMILES string of the molecule is CC[C@H](C(=O)N[C@H](C)c1ccc(C)cc1)N(c1cc(Cl)ccc1Cl)S(C)(=O)=O. The molecule has 2 aromatic rings. The van der Waals surface area contributed by atoms with Crippen LogP contribution in [0.5, 0.6) is 0 Å². The van der Waals surface area contributed by atoms with Gasteiger partial charge >= 0.3 is 0 Å². The third-order valence-electron chi connectivity index (χ3n) is 4.41. The van der Waals surface area contributed by atoms with Crippen LogP contribution in [0, 0.1) is 6.92 Å². The van der Waals surface area contributed by atoms with E-state index in [1.807, 2.05) is 38.1 Å². The fourth-order valence-corrected chi connectivity index (χ4v) is 4.58. The van der Waals surface area contributed by atoms with Crippen LogP contribution in [-0.4, -0.2) is 26.6 Å². The zero-order valence-electron chi connectivity index (χ0n) is 16.2. The summed E-state index contributed by atoms with van der Waals surface area (Å²) in [4.78, 5) is 13.0. The van der Waals surface area contributed by atoms with Crippen LogP contribution >= 0.6 is 23.2 Å². The van der Waals surface area contributed by atoms with E-state index in [2.05, 4.69) is 5.32 Å². The predicted octanol–water partition coefficient (Wildman–Crippen LogP) is 4.72. The predicted molar refractivity (Wildman–Crippen MR) is 116 cm³/mol. The Labute approximate surface area is 176 Å². The molecule has 0 aliphatic heterocycles. The lowest BCUT2D eigenvalue weighted by molar-refractivity contribution is -0.122. The average molecular weight is 443 g/mol. The van der Waals surface area contributed by atoms with Crippen molar-refractivity contribution in [2.45, 2.75) is 39.3 Å². The van der Waals surface area contributed by atoms with E-state index in [9.17, 15) is 13.2 Å². The smallest absolute Gasteiger partial charge is 0.244 e. The zero-order valence-corrected chi connectivity index (χ0v) is 18.6. The fourth-order valence-electron chi connectivity index (χ4n) is 2.94. The number of anilines is 1. The second kappa shape index (κ2) is 9.16. The molecular weight excluding hydrogens is 419 g/mol. The van der Waals surface area contributed by atoms with Gasteiger partial charge in [-0.15, -0.1) is 0 Å². The number of halogens is 2.